The zero-order valence-electron chi connectivity index (χ0n) is 15.5. The number of ketones is 2. The summed E-state index contributed by atoms with van der Waals surface area (Å²) in [6.45, 7) is 3.14. The van der Waals surface area contributed by atoms with Gasteiger partial charge in [0.25, 0.3) is 5.91 Å². The Morgan fingerprint density at radius 3 is 1.96 bits per heavy atom. The van der Waals surface area contributed by atoms with Crippen LogP contribution >= 0.6 is 0 Å². The summed E-state index contributed by atoms with van der Waals surface area (Å²) in [6, 6.07) is 16.6. The third-order valence-electron chi connectivity index (χ3n) is 4.08. The van der Waals surface area contributed by atoms with Gasteiger partial charge in [-0.05, 0) is 74.5 Å². The smallest absolute Gasteiger partial charge is 0.291 e. The summed E-state index contributed by atoms with van der Waals surface area (Å²) in [5, 5.41) is 2.71. The molecule has 6 heteroatoms. The maximum atomic E-state index is 12.3. The van der Waals surface area contributed by atoms with Crippen LogP contribution in [0.3, 0.4) is 0 Å². The van der Waals surface area contributed by atoms with Gasteiger partial charge in [0.05, 0.1) is 0 Å². The van der Waals surface area contributed by atoms with Gasteiger partial charge in [0.15, 0.2) is 17.3 Å². The van der Waals surface area contributed by atoms with Gasteiger partial charge in [-0.2, -0.15) is 0 Å². The number of ether oxygens (including phenoxy) is 1. The lowest BCUT2D eigenvalue weighted by Gasteiger charge is -2.05. The first-order chi connectivity index (χ1) is 13.4. The first-order valence-corrected chi connectivity index (χ1v) is 8.67. The van der Waals surface area contributed by atoms with E-state index in [4.69, 9.17) is 9.15 Å². The molecular formula is C22H19NO5. The van der Waals surface area contributed by atoms with Crippen molar-refractivity contribution >= 4 is 23.2 Å². The molecule has 0 spiro atoms. The van der Waals surface area contributed by atoms with E-state index in [9.17, 15) is 14.4 Å². The number of hydrogen-bond donors (Lipinski definition) is 1. The Morgan fingerprint density at radius 2 is 1.39 bits per heavy atom. The molecule has 1 amide bonds. The average Bonchev–Trinajstić information content (AvgIpc) is 3.16. The number of furan rings is 1. The van der Waals surface area contributed by atoms with Crippen molar-refractivity contribution in [1.82, 2.24) is 0 Å². The van der Waals surface area contributed by atoms with E-state index in [0.717, 1.165) is 0 Å². The molecule has 0 saturated heterocycles. The Bertz CT molecular complexity index is 1000. The summed E-state index contributed by atoms with van der Waals surface area (Å²) in [5.74, 6) is 0.799. The lowest BCUT2D eigenvalue weighted by molar-refractivity contribution is 0.0989. The van der Waals surface area contributed by atoms with Crippen LogP contribution < -0.4 is 10.1 Å². The van der Waals surface area contributed by atoms with Crippen molar-refractivity contribution in [2.45, 2.75) is 20.5 Å². The van der Waals surface area contributed by atoms with Crippen LogP contribution in [0.2, 0.25) is 0 Å². The lowest BCUT2D eigenvalue weighted by atomic mass is 10.1. The molecule has 1 heterocycles. The molecule has 0 bridgehead atoms. The van der Waals surface area contributed by atoms with Crippen molar-refractivity contribution in [3.05, 3.63) is 83.3 Å². The van der Waals surface area contributed by atoms with E-state index in [1.807, 2.05) is 0 Å². The minimum atomic E-state index is -0.396. The fourth-order valence-electron chi connectivity index (χ4n) is 2.50. The van der Waals surface area contributed by atoms with E-state index in [-0.39, 0.29) is 23.9 Å². The molecule has 142 valence electrons. The van der Waals surface area contributed by atoms with E-state index in [1.165, 1.54) is 13.8 Å². The second kappa shape index (κ2) is 8.35. The SMILES string of the molecule is CC(=O)c1ccc(NC(=O)c2ccc(COc3ccc(C(C)=O)cc3)o2)cc1. The number of rotatable bonds is 7. The molecule has 28 heavy (non-hydrogen) atoms. The van der Waals surface area contributed by atoms with Gasteiger partial charge < -0.3 is 14.5 Å². The maximum absolute atomic E-state index is 12.3. The van der Waals surface area contributed by atoms with Crippen LogP contribution in [0.25, 0.3) is 0 Å². The van der Waals surface area contributed by atoms with Crippen LogP contribution in [0, 0.1) is 0 Å². The molecule has 0 atom stereocenters. The van der Waals surface area contributed by atoms with Gasteiger partial charge >= 0.3 is 0 Å². The van der Waals surface area contributed by atoms with Crippen LogP contribution in [0.4, 0.5) is 5.69 Å². The molecular weight excluding hydrogens is 358 g/mol. The minimum Gasteiger partial charge on any atom is -0.486 e. The highest BCUT2D eigenvalue weighted by Crippen LogP contribution is 2.17. The summed E-state index contributed by atoms with van der Waals surface area (Å²) in [5.41, 5.74) is 1.75. The van der Waals surface area contributed by atoms with Crippen LogP contribution in [0.5, 0.6) is 5.75 Å². The van der Waals surface area contributed by atoms with Gasteiger partial charge in [-0.25, -0.2) is 0 Å². The Morgan fingerprint density at radius 1 is 0.821 bits per heavy atom. The van der Waals surface area contributed by atoms with E-state index < -0.39 is 5.91 Å². The standard InChI is InChI=1S/C22H19NO5/c1-14(24)16-3-7-18(8-4-16)23-22(26)21-12-11-20(28-21)13-27-19-9-5-17(6-10-19)15(2)25/h3-12H,13H2,1-2H3,(H,23,26). The third-order valence-corrected chi connectivity index (χ3v) is 4.08. The van der Waals surface area contributed by atoms with E-state index in [1.54, 1.807) is 60.7 Å². The molecule has 1 aromatic heterocycles. The van der Waals surface area contributed by atoms with Crippen LogP contribution in [0.15, 0.2) is 65.1 Å². The molecule has 0 aliphatic heterocycles. The highest BCUT2D eigenvalue weighted by molar-refractivity contribution is 6.02. The summed E-state index contributed by atoms with van der Waals surface area (Å²) in [7, 11) is 0. The Labute approximate surface area is 162 Å². The first kappa shape index (κ1) is 19.1. The van der Waals surface area contributed by atoms with Gasteiger partial charge in [-0.3, -0.25) is 14.4 Å². The van der Waals surface area contributed by atoms with Crippen LogP contribution in [-0.4, -0.2) is 17.5 Å². The van der Waals surface area contributed by atoms with Gasteiger partial charge in [-0.15, -0.1) is 0 Å². The van der Waals surface area contributed by atoms with Crippen molar-refractivity contribution < 1.29 is 23.5 Å². The summed E-state index contributed by atoms with van der Waals surface area (Å²) >= 11 is 0. The highest BCUT2D eigenvalue weighted by atomic mass is 16.5. The fraction of sp³-hybridized carbons (Fsp3) is 0.136. The number of carbonyl (C=O) groups excluding carboxylic acids is 3. The number of nitrogens with one attached hydrogen (secondary N) is 1. The molecule has 1 N–H and O–H groups in total. The Kier molecular flexibility index (Phi) is 5.69. The number of carbonyl (C=O) groups is 3. The van der Waals surface area contributed by atoms with Gasteiger partial charge in [0.1, 0.15) is 18.1 Å². The number of Topliss-reactive ketones (excluding diaryl/α,β-unsaturated/α-hetero) is 2. The fourth-order valence-corrected chi connectivity index (χ4v) is 2.50. The molecule has 0 fully saturated rings. The molecule has 6 nitrogen and oxygen atoms in total. The summed E-state index contributed by atoms with van der Waals surface area (Å²) in [4.78, 5) is 34.8. The minimum absolute atomic E-state index is 0.0100. The van der Waals surface area contributed by atoms with Crippen molar-refractivity contribution in [3.63, 3.8) is 0 Å². The van der Waals surface area contributed by atoms with Gasteiger partial charge in [0, 0.05) is 16.8 Å². The van der Waals surface area contributed by atoms with Crippen LogP contribution in [-0.2, 0) is 6.61 Å². The second-order valence-corrected chi connectivity index (χ2v) is 6.22. The second-order valence-electron chi connectivity index (χ2n) is 6.22. The number of amides is 1. The number of hydrogen-bond acceptors (Lipinski definition) is 5. The van der Waals surface area contributed by atoms with E-state index >= 15 is 0 Å². The first-order valence-electron chi connectivity index (χ1n) is 8.67. The van der Waals surface area contributed by atoms with Crippen molar-refractivity contribution in [2.75, 3.05) is 5.32 Å². The molecule has 0 aliphatic carbocycles. The molecule has 0 radical (unpaired) electrons. The Hall–Kier alpha value is -3.67. The predicted octanol–water partition coefficient (Wildman–Crippen LogP) is 4.52. The Balaban J connectivity index is 1.57. The third kappa shape index (κ3) is 4.73. The highest BCUT2D eigenvalue weighted by Gasteiger charge is 2.12. The normalized spacial score (nSPS) is 10.4. The monoisotopic (exact) mass is 377 g/mol. The van der Waals surface area contributed by atoms with Gasteiger partial charge in [0.2, 0.25) is 0 Å². The van der Waals surface area contributed by atoms with E-state index in [2.05, 4.69) is 5.32 Å². The molecule has 0 unspecified atom stereocenters. The predicted molar refractivity (Wildman–Crippen MR) is 104 cm³/mol. The molecule has 0 aliphatic rings. The lowest BCUT2D eigenvalue weighted by Crippen LogP contribution is -2.11. The molecule has 0 saturated carbocycles. The number of benzene rings is 2. The summed E-state index contributed by atoms with van der Waals surface area (Å²) in [6.07, 6.45) is 0. The number of anilines is 1. The topological polar surface area (TPSA) is 85.6 Å². The van der Waals surface area contributed by atoms with Crippen LogP contribution in [0.1, 0.15) is 50.9 Å². The zero-order chi connectivity index (χ0) is 20.1. The van der Waals surface area contributed by atoms with Crippen molar-refractivity contribution in [1.29, 1.82) is 0 Å². The molecule has 2 aromatic carbocycles. The van der Waals surface area contributed by atoms with E-state index in [0.29, 0.717) is 28.3 Å². The summed E-state index contributed by atoms with van der Waals surface area (Å²) < 4.78 is 11.1. The zero-order valence-corrected chi connectivity index (χ0v) is 15.5. The quantitative estimate of drug-likeness (QED) is 0.612. The van der Waals surface area contributed by atoms with Crippen molar-refractivity contribution in [2.24, 2.45) is 0 Å². The van der Waals surface area contributed by atoms with Crippen molar-refractivity contribution in [3.8, 4) is 5.75 Å². The largest absolute Gasteiger partial charge is 0.486 e. The average molecular weight is 377 g/mol. The molecule has 3 aromatic rings. The van der Waals surface area contributed by atoms with Gasteiger partial charge in [-0.1, -0.05) is 0 Å². The molecule has 3 rings (SSSR count). The maximum Gasteiger partial charge on any atom is 0.291 e.